The first-order valence-electron chi connectivity index (χ1n) is 8.69. The van der Waals surface area contributed by atoms with E-state index < -0.39 is 0 Å². The number of nitrogens with zero attached hydrogens (tertiary/aromatic N) is 1. The van der Waals surface area contributed by atoms with Crippen molar-refractivity contribution in [3.8, 4) is 11.5 Å². The highest BCUT2D eigenvalue weighted by Gasteiger charge is 2.27. The molecular formula is C18H26N2O3. The largest absolute Gasteiger partial charge is 0.490 e. The first-order valence-corrected chi connectivity index (χ1v) is 8.69. The van der Waals surface area contributed by atoms with Crippen molar-refractivity contribution >= 4 is 5.91 Å². The number of para-hydroxylation sites is 1. The van der Waals surface area contributed by atoms with Gasteiger partial charge in [-0.15, -0.1) is 0 Å². The van der Waals surface area contributed by atoms with E-state index in [2.05, 4.69) is 17.1 Å². The number of rotatable bonds is 4. The van der Waals surface area contributed by atoms with Crippen molar-refractivity contribution in [3.63, 3.8) is 0 Å². The van der Waals surface area contributed by atoms with Gasteiger partial charge in [0, 0.05) is 18.5 Å². The number of hydrogen-bond acceptors (Lipinski definition) is 4. The van der Waals surface area contributed by atoms with Gasteiger partial charge in [0.2, 0.25) is 5.91 Å². The first-order chi connectivity index (χ1) is 11.3. The number of fused-ring (bicyclic) bond motifs is 1. The lowest BCUT2D eigenvalue weighted by Crippen LogP contribution is -2.49. The highest BCUT2D eigenvalue weighted by Crippen LogP contribution is 2.33. The molecule has 1 amide bonds. The van der Waals surface area contributed by atoms with Crippen LogP contribution in [0.1, 0.15) is 38.2 Å². The van der Waals surface area contributed by atoms with Gasteiger partial charge in [0.05, 0.1) is 19.3 Å². The fraction of sp³-hybridized carbons (Fsp3) is 0.611. The van der Waals surface area contributed by atoms with E-state index in [9.17, 15) is 4.79 Å². The summed E-state index contributed by atoms with van der Waals surface area (Å²) in [4.78, 5) is 14.8. The average molecular weight is 318 g/mol. The molecule has 1 aromatic rings. The van der Waals surface area contributed by atoms with Crippen LogP contribution in [0.15, 0.2) is 18.2 Å². The number of nitrogens with one attached hydrogen (secondary N) is 1. The van der Waals surface area contributed by atoms with Crippen LogP contribution in [0, 0.1) is 0 Å². The molecule has 23 heavy (non-hydrogen) atoms. The first kappa shape index (κ1) is 16.1. The van der Waals surface area contributed by atoms with Gasteiger partial charge < -0.3 is 14.8 Å². The molecule has 5 nitrogen and oxygen atoms in total. The average Bonchev–Trinajstić information content (AvgIpc) is 2.85. The summed E-state index contributed by atoms with van der Waals surface area (Å²) in [6.07, 6.45) is 4.15. The molecule has 126 valence electrons. The molecule has 0 spiro atoms. The Hall–Kier alpha value is -1.75. The summed E-state index contributed by atoms with van der Waals surface area (Å²) in [6.45, 7) is 5.88. The monoisotopic (exact) mass is 318 g/mol. The molecule has 1 atom stereocenters. The molecule has 1 unspecified atom stereocenters. The van der Waals surface area contributed by atoms with Gasteiger partial charge in [-0.2, -0.15) is 0 Å². The van der Waals surface area contributed by atoms with Gasteiger partial charge >= 0.3 is 0 Å². The summed E-state index contributed by atoms with van der Waals surface area (Å²) < 4.78 is 11.5. The van der Waals surface area contributed by atoms with Crippen molar-refractivity contribution in [2.24, 2.45) is 0 Å². The quantitative estimate of drug-likeness (QED) is 0.926. The van der Waals surface area contributed by atoms with E-state index in [1.54, 1.807) is 0 Å². The smallest absolute Gasteiger partial charge is 0.237 e. The highest BCUT2D eigenvalue weighted by atomic mass is 16.5. The fourth-order valence-electron chi connectivity index (χ4n) is 3.36. The molecule has 1 N–H and O–H groups in total. The molecule has 1 fully saturated rings. The van der Waals surface area contributed by atoms with E-state index in [0.29, 0.717) is 19.8 Å². The predicted molar refractivity (Wildman–Crippen MR) is 88.8 cm³/mol. The number of amides is 1. The van der Waals surface area contributed by atoms with Crippen LogP contribution >= 0.6 is 0 Å². The molecule has 2 aliphatic heterocycles. The molecule has 0 aromatic heterocycles. The number of ether oxygens (including phenoxy) is 2. The van der Waals surface area contributed by atoms with Gasteiger partial charge in [-0.3, -0.25) is 9.69 Å². The molecule has 0 saturated carbocycles. The van der Waals surface area contributed by atoms with Crippen LogP contribution in [0.2, 0.25) is 0 Å². The maximum atomic E-state index is 12.6. The van der Waals surface area contributed by atoms with Crippen molar-refractivity contribution in [1.82, 2.24) is 10.2 Å². The van der Waals surface area contributed by atoms with E-state index in [1.165, 1.54) is 6.42 Å². The van der Waals surface area contributed by atoms with E-state index in [4.69, 9.17) is 9.47 Å². The lowest BCUT2D eigenvalue weighted by atomic mass is 10.0. The minimum Gasteiger partial charge on any atom is -0.490 e. The molecule has 1 saturated heterocycles. The molecule has 5 heteroatoms. The lowest BCUT2D eigenvalue weighted by molar-refractivity contribution is -0.127. The Kier molecular flexibility index (Phi) is 5.39. The minimum atomic E-state index is 0.00762. The zero-order valence-electron chi connectivity index (χ0n) is 13.8. The van der Waals surface area contributed by atoms with Crippen LogP contribution < -0.4 is 14.8 Å². The van der Waals surface area contributed by atoms with E-state index >= 15 is 0 Å². The summed E-state index contributed by atoms with van der Waals surface area (Å²) in [5, 5.41) is 3.09. The molecule has 2 heterocycles. The number of piperidine rings is 1. The Balaban J connectivity index is 1.65. The molecule has 0 aliphatic carbocycles. The van der Waals surface area contributed by atoms with Gasteiger partial charge in [-0.25, -0.2) is 0 Å². The van der Waals surface area contributed by atoms with Gasteiger partial charge in [0.1, 0.15) is 0 Å². The zero-order valence-corrected chi connectivity index (χ0v) is 13.8. The van der Waals surface area contributed by atoms with Gasteiger partial charge in [-0.1, -0.05) is 25.5 Å². The van der Waals surface area contributed by atoms with Crippen molar-refractivity contribution in [2.75, 3.05) is 26.3 Å². The molecule has 0 radical (unpaired) electrons. The second-order valence-corrected chi connectivity index (χ2v) is 6.15. The lowest BCUT2D eigenvalue weighted by Gasteiger charge is -2.33. The topological polar surface area (TPSA) is 50.8 Å². The maximum Gasteiger partial charge on any atom is 0.237 e. The van der Waals surface area contributed by atoms with Crippen LogP contribution in [-0.2, 0) is 11.3 Å². The Labute approximate surface area is 137 Å². The van der Waals surface area contributed by atoms with Gasteiger partial charge in [0.25, 0.3) is 0 Å². The third-order valence-corrected chi connectivity index (χ3v) is 4.63. The zero-order chi connectivity index (χ0) is 16.1. The van der Waals surface area contributed by atoms with Crippen LogP contribution in [0.3, 0.4) is 0 Å². The van der Waals surface area contributed by atoms with E-state index in [1.807, 2.05) is 18.2 Å². The summed E-state index contributed by atoms with van der Waals surface area (Å²) >= 11 is 0. The van der Waals surface area contributed by atoms with Gasteiger partial charge in [-0.05, 0) is 32.0 Å². The van der Waals surface area contributed by atoms with E-state index in [0.717, 1.165) is 49.4 Å². The summed E-state index contributed by atoms with van der Waals surface area (Å²) in [5.74, 6) is 1.68. The molecule has 2 aliphatic rings. The molecule has 0 bridgehead atoms. The Morgan fingerprint density at radius 3 is 3.00 bits per heavy atom. The Morgan fingerprint density at radius 2 is 2.13 bits per heavy atom. The van der Waals surface area contributed by atoms with Crippen LogP contribution in [-0.4, -0.2) is 43.2 Å². The highest BCUT2D eigenvalue weighted by molar-refractivity contribution is 5.81. The van der Waals surface area contributed by atoms with Crippen molar-refractivity contribution in [2.45, 2.75) is 45.2 Å². The number of likely N-dealkylation sites (N-methyl/N-ethyl adjacent to an activating group) is 1. The second-order valence-electron chi connectivity index (χ2n) is 6.15. The third kappa shape index (κ3) is 3.78. The third-order valence-electron chi connectivity index (χ3n) is 4.63. The molecule has 3 rings (SSSR count). The van der Waals surface area contributed by atoms with Crippen molar-refractivity contribution in [1.29, 1.82) is 0 Å². The summed E-state index contributed by atoms with van der Waals surface area (Å²) in [6, 6.07) is 5.87. The normalized spacial score (nSPS) is 21.5. The summed E-state index contributed by atoms with van der Waals surface area (Å²) in [7, 11) is 0. The van der Waals surface area contributed by atoms with Crippen molar-refractivity contribution < 1.29 is 14.3 Å². The summed E-state index contributed by atoms with van der Waals surface area (Å²) in [5.41, 5.74) is 0.983. The maximum absolute atomic E-state index is 12.6. The molecule has 1 aromatic carbocycles. The second kappa shape index (κ2) is 7.68. The SMILES string of the molecule is CCN1CCCCC1C(=O)NCc1cccc2c1OCCCO2. The van der Waals surface area contributed by atoms with Crippen molar-refractivity contribution in [3.05, 3.63) is 23.8 Å². The van der Waals surface area contributed by atoms with Gasteiger partial charge in [0.15, 0.2) is 11.5 Å². The predicted octanol–water partition coefficient (Wildman–Crippen LogP) is 2.34. The Bertz CT molecular complexity index is 547. The van der Waals surface area contributed by atoms with Crippen LogP contribution in [0.4, 0.5) is 0 Å². The fourth-order valence-corrected chi connectivity index (χ4v) is 3.36. The van der Waals surface area contributed by atoms with Crippen LogP contribution in [0.5, 0.6) is 11.5 Å². The van der Waals surface area contributed by atoms with Crippen LogP contribution in [0.25, 0.3) is 0 Å². The minimum absolute atomic E-state index is 0.00762. The van der Waals surface area contributed by atoms with E-state index in [-0.39, 0.29) is 11.9 Å². The standard InChI is InChI=1S/C18H26N2O3/c1-2-20-10-4-3-8-15(20)18(21)19-13-14-7-5-9-16-17(14)23-12-6-11-22-16/h5,7,9,15H,2-4,6,8,10-13H2,1H3,(H,19,21). The number of carbonyl (C=O) groups is 1. The number of benzene rings is 1. The number of likely N-dealkylation sites (tertiary alicyclic amines) is 1. The Morgan fingerprint density at radius 1 is 1.26 bits per heavy atom. The number of carbonyl (C=O) groups excluding carboxylic acids is 1. The molecular weight excluding hydrogens is 292 g/mol. The number of hydrogen-bond donors (Lipinski definition) is 1.